The van der Waals surface area contributed by atoms with Crippen LogP contribution < -0.4 is 15.4 Å². The molecule has 3 N–H and O–H groups in total. The van der Waals surface area contributed by atoms with Crippen LogP contribution in [0.4, 0.5) is 36.8 Å². The number of methoxy groups -OCH3 is 1. The molecule has 2 aliphatic heterocycles. The van der Waals surface area contributed by atoms with Crippen LogP contribution in [-0.4, -0.2) is 56.9 Å². The van der Waals surface area contributed by atoms with E-state index in [9.17, 15) is 36.2 Å². The Balaban J connectivity index is 1.49. The first-order valence-corrected chi connectivity index (χ1v) is 16.5. The summed E-state index contributed by atoms with van der Waals surface area (Å²) in [6.45, 7) is 3.74. The van der Waals surface area contributed by atoms with Gasteiger partial charge in [-0.1, -0.05) is 43.3 Å². The summed E-state index contributed by atoms with van der Waals surface area (Å²) in [6, 6.07) is 14.1. The highest BCUT2D eigenvalue weighted by Gasteiger charge is 2.49. The minimum Gasteiger partial charge on any atom is -0.481 e. The van der Waals surface area contributed by atoms with Gasteiger partial charge in [-0.2, -0.15) is 26.3 Å². The normalized spacial score (nSPS) is 20.2. The van der Waals surface area contributed by atoms with Gasteiger partial charge >= 0.3 is 18.4 Å². The minimum atomic E-state index is -5.13. The van der Waals surface area contributed by atoms with E-state index in [4.69, 9.17) is 10.5 Å². The lowest BCUT2D eigenvalue weighted by Crippen LogP contribution is -2.61. The molecular formula is C37H36F6N6O3. The smallest absolute Gasteiger partial charge is 0.416 e. The van der Waals surface area contributed by atoms with Crippen LogP contribution in [0.2, 0.25) is 0 Å². The molecule has 0 aliphatic carbocycles. The number of carbonyl (C=O) groups is 1. The van der Waals surface area contributed by atoms with Gasteiger partial charge in [-0.15, -0.1) is 0 Å². The molecule has 6 rings (SSSR count). The van der Waals surface area contributed by atoms with Crippen molar-refractivity contribution in [3.05, 3.63) is 118 Å². The van der Waals surface area contributed by atoms with E-state index in [1.54, 1.807) is 6.92 Å². The quantitative estimate of drug-likeness (QED) is 0.175. The number of nitrogens with zero attached hydrogens (tertiary/aromatic N) is 5. The van der Waals surface area contributed by atoms with Crippen LogP contribution in [0.3, 0.4) is 0 Å². The third-order valence-corrected chi connectivity index (χ3v) is 9.67. The number of pyridine rings is 1. The second kappa shape index (κ2) is 14.2. The van der Waals surface area contributed by atoms with Crippen molar-refractivity contribution in [3.63, 3.8) is 0 Å². The number of carboxylic acid groups (broad SMARTS) is 1. The maximum Gasteiger partial charge on any atom is 0.416 e. The van der Waals surface area contributed by atoms with Crippen LogP contribution in [0.25, 0.3) is 5.57 Å². The van der Waals surface area contributed by atoms with Gasteiger partial charge < -0.3 is 15.6 Å². The molecule has 4 heterocycles. The van der Waals surface area contributed by atoms with Crippen molar-refractivity contribution >= 4 is 17.4 Å². The molecule has 0 fully saturated rings. The predicted octanol–water partition coefficient (Wildman–Crippen LogP) is 8.08. The van der Waals surface area contributed by atoms with Gasteiger partial charge in [0, 0.05) is 49.6 Å². The lowest BCUT2D eigenvalue weighted by atomic mass is 9.73. The Bertz CT molecular complexity index is 1920. The molecule has 1 unspecified atom stereocenters. The van der Waals surface area contributed by atoms with E-state index >= 15 is 0 Å². The molecule has 4 aromatic rings. The van der Waals surface area contributed by atoms with Crippen LogP contribution >= 0.6 is 0 Å². The first kappa shape index (κ1) is 36.8. The molecule has 0 radical (unpaired) electrons. The highest BCUT2D eigenvalue weighted by Crippen LogP contribution is 2.51. The molecule has 52 heavy (non-hydrogen) atoms. The van der Waals surface area contributed by atoms with Crippen molar-refractivity contribution in [3.8, 4) is 5.88 Å². The van der Waals surface area contributed by atoms with Gasteiger partial charge in [0.25, 0.3) is 0 Å². The fourth-order valence-electron chi connectivity index (χ4n) is 7.08. The van der Waals surface area contributed by atoms with E-state index in [1.165, 1.54) is 31.6 Å². The van der Waals surface area contributed by atoms with Crippen LogP contribution in [0.5, 0.6) is 5.88 Å². The topological polar surface area (TPSA) is 118 Å². The standard InChI is InChI=1S/C37H36F6N6O3/c1-3-35(44)17-28(32-29(49(35)34(50)51)11-12-30(47-32)52-2)31(24-14-26(36(38,39)40)16-27(15-24)37(41,42)43)33-45-18-25(19-46-33)23-10-7-13-48(21-23)20-22-8-5-4-6-9-22/h4-6,8-12,14-16,18-19,28,31H,3,7,13,17,20-21,44H2,1-2H3,(H,50,51)/t28-,31?,35+/m0/s1. The van der Waals surface area contributed by atoms with Gasteiger partial charge in [0.05, 0.1) is 41.2 Å². The Morgan fingerprint density at radius 3 is 2.25 bits per heavy atom. The average Bonchev–Trinajstić information content (AvgIpc) is 3.11. The van der Waals surface area contributed by atoms with Gasteiger partial charge in [0.15, 0.2) is 0 Å². The second-order valence-corrected chi connectivity index (χ2v) is 13.0. The maximum atomic E-state index is 14.2. The molecule has 2 aromatic heterocycles. The first-order chi connectivity index (χ1) is 24.6. The molecule has 9 nitrogen and oxygen atoms in total. The number of nitrogens with two attached hydrogens (primary N) is 1. The number of fused-ring (bicyclic) bond motifs is 1. The van der Waals surface area contributed by atoms with Crippen LogP contribution in [-0.2, 0) is 18.9 Å². The molecule has 2 aliphatic rings. The van der Waals surface area contributed by atoms with E-state index in [2.05, 4.69) is 25.9 Å². The number of hydrogen-bond donors (Lipinski definition) is 2. The molecular weight excluding hydrogens is 690 g/mol. The van der Waals surface area contributed by atoms with Crippen LogP contribution in [0.1, 0.15) is 77.4 Å². The van der Waals surface area contributed by atoms with Crippen molar-refractivity contribution in [1.82, 2.24) is 19.9 Å². The maximum absolute atomic E-state index is 14.2. The zero-order valence-electron chi connectivity index (χ0n) is 28.2. The number of halogens is 6. The summed E-state index contributed by atoms with van der Waals surface area (Å²) >= 11 is 0. The van der Waals surface area contributed by atoms with E-state index in [0.29, 0.717) is 30.8 Å². The van der Waals surface area contributed by atoms with Gasteiger partial charge in [0.1, 0.15) is 5.82 Å². The monoisotopic (exact) mass is 726 g/mol. The van der Waals surface area contributed by atoms with Crippen molar-refractivity contribution in [2.45, 2.75) is 62.6 Å². The van der Waals surface area contributed by atoms with Gasteiger partial charge in [-0.25, -0.2) is 19.7 Å². The Kier molecular flexibility index (Phi) is 10.0. The Labute approximate surface area is 295 Å². The fraction of sp³-hybridized carbons (Fsp3) is 0.351. The Morgan fingerprint density at radius 2 is 1.67 bits per heavy atom. The summed E-state index contributed by atoms with van der Waals surface area (Å²) < 4.78 is 90.5. The first-order valence-electron chi connectivity index (χ1n) is 16.5. The number of alkyl halides is 6. The second-order valence-electron chi connectivity index (χ2n) is 13.0. The summed E-state index contributed by atoms with van der Waals surface area (Å²) in [5.74, 6) is -2.50. The van der Waals surface area contributed by atoms with Gasteiger partial charge in [0.2, 0.25) is 5.88 Å². The fourth-order valence-corrected chi connectivity index (χ4v) is 7.08. The third kappa shape index (κ3) is 7.46. The minimum absolute atomic E-state index is 0.0180. The largest absolute Gasteiger partial charge is 0.481 e. The molecule has 274 valence electrons. The van der Waals surface area contributed by atoms with E-state index < -0.39 is 47.1 Å². The summed E-state index contributed by atoms with van der Waals surface area (Å²) in [5, 5.41) is 10.2. The number of amides is 1. The number of anilines is 1. The average molecular weight is 727 g/mol. The number of benzene rings is 2. The van der Waals surface area contributed by atoms with Crippen LogP contribution in [0, 0.1) is 0 Å². The van der Waals surface area contributed by atoms with Gasteiger partial charge in [-0.05, 0) is 60.2 Å². The zero-order chi connectivity index (χ0) is 37.4. The zero-order valence-corrected chi connectivity index (χ0v) is 28.2. The summed E-state index contributed by atoms with van der Waals surface area (Å²) in [7, 11) is 1.32. The predicted molar refractivity (Wildman–Crippen MR) is 180 cm³/mol. The summed E-state index contributed by atoms with van der Waals surface area (Å²) in [6.07, 6.45) is -6.03. The highest BCUT2D eigenvalue weighted by atomic mass is 19.4. The highest BCUT2D eigenvalue weighted by molar-refractivity contribution is 5.89. The van der Waals surface area contributed by atoms with Crippen molar-refractivity contribution < 1.29 is 41.0 Å². The molecule has 0 bridgehead atoms. The third-order valence-electron chi connectivity index (χ3n) is 9.67. The van der Waals surface area contributed by atoms with Crippen molar-refractivity contribution in [2.75, 3.05) is 25.1 Å². The number of hydrogen-bond acceptors (Lipinski definition) is 7. The lowest BCUT2D eigenvalue weighted by Gasteiger charge is -2.47. The molecule has 2 aromatic carbocycles. The molecule has 0 spiro atoms. The lowest BCUT2D eigenvalue weighted by molar-refractivity contribution is -0.143. The molecule has 3 atom stereocenters. The number of ether oxygens (including phenoxy) is 1. The van der Waals surface area contributed by atoms with Crippen LogP contribution in [0.15, 0.2) is 79.1 Å². The van der Waals surface area contributed by atoms with Gasteiger partial charge in [-0.3, -0.25) is 9.80 Å². The van der Waals surface area contributed by atoms with Crippen molar-refractivity contribution in [2.24, 2.45) is 5.73 Å². The molecule has 15 heteroatoms. The number of aromatic nitrogens is 3. The summed E-state index contributed by atoms with van der Waals surface area (Å²) in [4.78, 5) is 29.4. The van der Waals surface area contributed by atoms with E-state index in [0.717, 1.165) is 29.0 Å². The summed E-state index contributed by atoms with van der Waals surface area (Å²) in [5.41, 5.74) is 4.46. The number of rotatable bonds is 8. The molecule has 0 saturated carbocycles. The SMILES string of the molecule is CC[C@]1(N)C[C@@H](C(c2cc(C(F)(F)F)cc(C(F)(F)F)c2)c2ncc(C3=CCCN(Cc4ccccc4)C3)cn2)c2nc(OC)ccc2N1C(=O)O. The van der Waals surface area contributed by atoms with E-state index in [-0.39, 0.29) is 47.6 Å². The van der Waals surface area contributed by atoms with Crippen molar-refractivity contribution in [1.29, 1.82) is 0 Å². The molecule has 1 amide bonds. The van der Waals surface area contributed by atoms with E-state index in [1.807, 2.05) is 30.3 Å². The Hall–Kier alpha value is -5.02. The molecule has 0 saturated heterocycles. The Morgan fingerprint density at radius 1 is 1.02 bits per heavy atom.